The number of hydrogen-bond acceptors (Lipinski definition) is 9. The van der Waals surface area contributed by atoms with Gasteiger partial charge in [0.25, 0.3) is 5.69 Å². The molecule has 1 unspecified atom stereocenters. The van der Waals surface area contributed by atoms with Crippen molar-refractivity contribution in [2.75, 3.05) is 19.8 Å². The van der Waals surface area contributed by atoms with Gasteiger partial charge in [0.2, 0.25) is 0 Å². The average molecular weight is 435 g/mol. The van der Waals surface area contributed by atoms with E-state index in [-0.39, 0.29) is 35.6 Å². The Labute approximate surface area is 176 Å². The van der Waals surface area contributed by atoms with Crippen molar-refractivity contribution < 1.29 is 38.3 Å². The molecule has 12 heteroatoms. The third-order valence-corrected chi connectivity index (χ3v) is 4.09. The number of carbonyl (C=O) groups is 4. The lowest BCUT2D eigenvalue weighted by Gasteiger charge is -2.26. The van der Waals surface area contributed by atoms with Crippen molar-refractivity contribution in [2.45, 2.75) is 26.8 Å². The second-order valence-electron chi connectivity index (χ2n) is 6.26. The molecule has 0 saturated heterocycles. The number of hydrogen-bond donors (Lipinski definition) is 2. The standard InChI is InChI=1S/C19H21N3O9/c1-4-29-16(23)11-6-12(8-13(7-11)22(27)28)17(24)31-9-14-15(18(25)30-5-2)10(3)20-19(26)21-14/h6-8,10H,4-5,9H2,1-3H3,(H2,20,21,26). The van der Waals surface area contributed by atoms with Crippen molar-refractivity contribution in [2.24, 2.45) is 0 Å². The molecule has 166 valence electrons. The van der Waals surface area contributed by atoms with E-state index in [0.717, 1.165) is 18.2 Å². The summed E-state index contributed by atoms with van der Waals surface area (Å²) in [5.41, 5.74) is -0.894. The van der Waals surface area contributed by atoms with Gasteiger partial charge < -0.3 is 24.8 Å². The van der Waals surface area contributed by atoms with Gasteiger partial charge in [-0.1, -0.05) is 0 Å². The maximum Gasteiger partial charge on any atom is 0.338 e. The second kappa shape index (κ2) is 10.2. The van der Waals surface area contributed by atoms with Gasteiger partial charge in [-0.05, 0) is 26.8 Å². The third kappa shape index (κ3) is 5.78. The second-order valence-corrected chi connectivity index (χ2v) is 6.26. The molecule has 1 aromatic rings. The molecule has 1 aliphatic rings. The Hall–Kier alpha value is -3.96. The molecule has 12 nitrogen and oxygen atoms in total. The van der Waals surface area contributed by atoms with Crippen LogP contribution in [0.1, 0.15) is 41.5 Å². The lowest BCUT2D eigenvalue weighted by atomic mass is 10.0. The van der Waals surface area contributed by atoms with Gasteiger partial charge in [-0.25, -0.2) is 19.2 Å². The summed E-state index contributed by atoms with van der Waals surface area (Å²) in [6, 6.07) is 1.71. The number of ether oxygens (including phenoxy) is 3. The molecule has 2 rings (SSSR count). The van der Waals surface area contributed by atoms with Gasteiger partial charge in [0.1, 0.15) is 6.61 Å². The Kier molecular flexibility index (Phi) is 7.66. The quantitative estimate of drug-likeness (QED) is 0.266. The molecule has 2 N–H and O–H groups in total. The predicted molar refractivity (Wildman–Crippen MR) is 104 cm³/mol. The summed E-state index contributed by atoms with van der Waals surface area (Å²) in [7, 11) is 0. The predicted octanol–water partition coefficient (Wildman–Crippen LogP) is 1.45. The molecule has 1 atom stereocenters. The molecule has 31 heavy (non-hydrogen) atoms. The first kappa shape index (κ1) is 23.3. The van der Waals surface area contributed by atoms with Crippen molar-refractivity contribution in [3.8, 4) is 0 Å². The van der Waals surface area contributed by atoms with Gasteiger partial charge in [0, 0.05) is 12.1 Å². The largest absolute Gasteiger partial charge is 0.463 e. The number of nitro benzene ring substituents is 1. The lowest BCUT2D eigenvalue weighted by Crippen LogP contribution is -2.50. The summed E-state index contributed by atoms with van der Waals surface area (Å²) in [5, 5.41) is 16.0. The Bertz CT molecular complexity index is 955. The third-order valence-electron chi connectivity index (χ3n) is 4.09. The van der Waals surface area contributed by atoms with Crippen LogP contribution < -0.4 is 10.6 Å². The van der Waals surface area contributed by atoms with Crippen LogP contribution in [0.4, 0.5) is 10.5 Å². The fraction of sp³-hybridized carbons (Fsp3) is 0.368. The van der Waals surface area contributed by atoms with E-state index in [1.54, 1.807) is 20.8 Å². The zero-order chi connectivity index (χ0) is 23.1. The number of benzene rings is 1. The van der Waals surface area contributed by atoms with Crippen LogP contribution in [0, 0.1) is 10.1 Å². The fourth-order valence-corrected chi connectivity index (χ4v) is 2.78. The van der Waals surface area contributed by atoms with Gasteiger partial charge in [0.15, 0.2) is 0 Å². The number of rotatable bonds is 8. The Balaban J connectivity index is 2.30. The summed E-state index contributed by atoms with van der Waals surface area (Å²) < 4.78 is 14.9. The van der Waals surface area contributed by atoms with Crippen LogP contribution in [0.5, 0.6) is 0 Å². The summed E-state index contributed by atoms with van der Waals surface area (Å²) in [5.74, 6) is -2.55. The van der Waals surface area contributed by atoms with Crippen molar-refractivity contribution >= 4 is 29.6 Å². The molecule has 0 radical (unpaired) electrons. The van der Waals surface area contributed by atoms with E-state index in [9.17, 15) is 29.3 Å². The summed E-state index contributed by atoms with van der Waals surface area (Å²) >= 11 is 0. The number of nitrogens with one attached hydrogen (secondary N) is 2. The molecule has 0 spiro atoms. The molecule has 0 aliphatic carbocycles. The van der Waals surface area contributed by atoms with E-state index in [1.165, 1.54) is 0 Å². The van der Waals surface area contributed by atoms with Crippen LogP contribution in [0.15, 0.2) is 29.5 Å². The van der Waals surface area contributed by atoms with Gasteiger partial charge in [-0.3, -0.25) is 10.1 Å². The molecule has 1 heterocycles. The van der Waals surface area contributed by atoms with E-state index in [4.69, 9.17) is 14.2 Å². The van der Waals surface area contributed by atoms with Crippen LogP contribution in [0.3, 0.4) is 0 Å². The maximum absolute atomic E-state index is 12.5. The van der Waals surface area contributed by atoms with E-state index >= 15 is 0 Å². The number of nitro groups is 1. The smallest absolute Gasteiger partial charge is 0.338 e. The molecule has 0 bridgehead atoms. The molecular weight excluding hydrogens is 414 g/mol. The Morgan fingerprint density at radius 3 is 2.10 bits per heavy atom. The highest BCUT2D eigenvalue weighted by atomic mass is 16.6. The highest BCUT2D eigenvalue weighted by Gasteiger charge is 2.30. The van der Waals surface area contributed by atoms with Crippen LogP contribution in [-0.2, 0) is 19.0 Å². The van der Waals surface area contributed by atoms with Gasteiger partial charge in [0.05, 0.1) is 46.6 Å². The van der Waals surface area contributed by atoms with E-state index < -0.39 is 47.2 Å². The summed E-state index contributed by atoms with van der Waals surface area (Å²) in [6.07, 6.45) is 0. The number of nitrogens with zero attached hydrogens (tertiary/aromatic N) is 1. The van der Waals surface area contributed by atoms with Crippen LogP contribution in [-0.4, -0.2) is 54.7 Å². The van der Waals surface area contributed by atoms with Crippen LogP contribution in [0.25, 0.3) is 0 Å². The molecule has 2 amide bonds. The molecule has 1 aliphatic heterocycles. The monoisotopic (exact) mass is 435 g/mol. The number of non-ortho nitro benzene ring substituents is 1. The SMILES string of the molecule is CCOC(=O)C1=C(COC(=O)c2cc(C(=O)OCC)cc([N+](=O)[O-])c2)NC(=O)NC1C. The maximum atomic E-state index is 12.5. The highest BCUT2D eigenvalue weighted by Crippen LogP contribution is 2.20. The number of urea groups is 1. The van der Waals surface area contributed by atoms with Gasteiger partial charge in [-0.15, -0.1) is 0 Å². The summed E-state index contributed by atoms with van der Waals surface area (Å²) in [4.78, 5) is 58.8. The van der Waals surface area contributed by atoms with E-state index in [2.05, 4.69) is 10.6 Å². The topological polar surface area (TPSA) is 163 Å². The molecular formula is C19H21N3O9. The van der Waals surface area contributed by atoms with Crippen LogP contribution in [0.2, 0.25) is 0 Å². The first-order valence-electron chi connectivity index (χ1n) is 9.29. The Morgan fingerprint density at radius 1 is 1.00 bits per heavy atom. The minimum atomic E-state index is -1.01. The molecule has 0 aromatic heterocycles. The zero-order valence-electron chi connectivity index (χ0n) is 17.1. The number of amides is 2. The Morgan fingerprint density at radius 2 is 1.55 bits per heavy atom. The van der Waals surface area contributed by atoms with Crippen molar-refractivity contribution in [1.29, 1.82) is 0 Å². The average Bonchev–Trinajstić information content (AvgIpc) is 2.71. The van der Waals surface area contributed by atoms with Gasteiger partial charge in [-0.2, -0.15) is 0 Å². The normalized spacial score (nSPS) is 15.5. The van der Waals surface area contributed by atoms with Crippen molar-refractivity contribution in [3.63, 3.8) is 0 Å². The molecule has 1 aromatic carbocycles. The number of carbonyl (C=O) groups excluding carboxylic acids is 4. The molecule has 0 fully saturated rings. The van der Waals surface area contributed by atoms with Crippen LogP contribution >= 0.6 is 0 Å². The lowest BCUT2D eigenvalue weighted by molar-refractivity contribution is -0.384. The van der Waals surface area contributed by atoms with E-state index in [1.807, 2.05) is 0 Å². The minimum absolute atomic E-state index is 0.0131. The first-order valence-corrected chi connectivity index (χ1v) is 9.29. The minimum Gasteiger partial charge on any atom is -0.463 e. The van der Waals surface area contributed by atoms with Crippen molar-refractivity contribution in [3.05, 3.63) is 50.7 Å². The zero-order valence-corrected chi connectivity index (χ0v) is 17.1. The summed E-state index contributed by atoms with van der Waals surface area (Å²) in [6.45, 7) is 4.36. The first-order chi connectivity index (χ1) is 14.7. The fourth-order valence-electron chi connectivity index (χ4n) is 2.78. The molecule has 0 saturated carbocycles. The van der Waals surface area contributed by atoms with Crippen molar-refractivity contribution in [1.82, 2.24) is 10.6 Å². The van der Waals surface area contributed by atoms with E-state index in [0.29, 0.717) is 0 Å². The van der Waals surface area contributed by atoms with Gasteiger partial charge >= 0.3 is 23.9 Å². The highest BCUT2D eigenvalue weighted by molar-refractivity contribution is 5.97. The number of esters is 3.